The number of carbonyl (C=O) groups is 4. The number of carbonyl (C=O) groups excluding carboxylic acids is 4. The van der Waals surface area contributed by atoms with Crippen LogP contribution in [-0.2, 0) is 19.2 Å². The first-order chi connectivity index (χ1) is 13.8. The second-order valence-corrected chi connectivity index (χ2v) is 7.02. The molecule has 0 radical (unpaired) electrons. The molecule has 1 spiro atoms. The Kier molecular flexibility index (Phi) is 3.18. The molecule has 2 saturated heterocycles. The Morgan fingerprint density at radius 3 is 2.21 bits per heavy atom. The minimum absolute atomic E-state index is 0.108. The monoisotopic (exact) mass is 393 g/mol. The molecule has 0 saturated carbocycles. The summed E-state index contributed by atoms with van der Waals surface area (Å²) in [6, 6.07) is 8.74. The average molecular weight is 393 g/mol. The van der Waals surface area contributed by atoms with Crippen LogP contribution in [0.2, 0.25) is 0 Å². The predicted molar refractivity (Wildman–Crippen MR) is 96.8 cm³/mol. The smallest absolute Gasteiger partial charge is 0.285 e. The molecule has 5 rings (SSSR count). The van der Waals surface area contributed by atoms with Crippen molar-refractivity contribution in [3.63, 3.8) is 0 Å². The van der Waals surface area contributed by atoms with Crippen LogP contribution in [0.1, 0.15) is 5.56 Å². The van der Waals surface area contributed by atoms with E-state index in [0.29, 0.717) is 16.6 Å². The summed E-state index contributed by atoms with van der Waals surface area (Å²) >= 11 is 0. The van der Waals surface area contributed by atoms with Crippen molar-refractivity contribution in [2.45, 2.75) is 6.92 Å². The number of anilines is 1. The van der Waals surface area contributed by atoms with Gasteiger partial charge in [-0.15, -0.1) is 0 Å². The molecule has 29 heavy (non-hydrogen) atoms. The Bertz CT molecular complexity index is 1240. The van der Waals surface area contributed by atoms with Crippen LogP contribution >= 0.6 is 0 Å². The lowest BCUT2D eigenvalue weighted by Gasteiger charge is -2.51. The van der Waals surface area contributed by atoms with Gasteiger partial charge in [0.05, 0.1) is 5.69 Å². The van der Waals surface area contributed by atoms with Gasteiger partial charge in [-0.05, 0) is 48.9 Å². The highest BCUT2D eigenvalue weighted by molar-refractivity contribution is 6.59. The molecule has 1 aromatic heterocycles. The third kappa shape index (κ3) is 1.93. The van der Waals surface area contributed by atoms with Crippen molar-refractivity contribution in [3.8, 4) is 11.5 Å². The van der Waals surface area contributed by atoms with Gasteiger partial charge in [0.1, 0.15) is 11.3 Å². The van der Waals surface area contributed by atoms with Crippen molar-refractivity contribution < 1.29 is 28.0 Å². The Balaban J connectivity index is 1.62. The molecule has 2 aromatic carbocycles. The molecule has 4 amide bonds. The number of aromatic nitrogens is 1. The first kappa shape index (κ1) is 17.2. The van der Waals surface area contributed by atoms with E-state index in [4.69, 9.17) is 4.42 Å². The second-order valence-electron chi connectivity index (χ2n) is 7.02. The number of hydrogen-bond donors (Lipinski definition) is 0. The largest absolute Gasteiger partial charge is 0.434 e. The fraction of sp³-hybridized carbons (Fsp3) is 0.150. The van der Waals surface area contributed by atoms with Crippen molar-refractivity contribution in [1.29, 1.82) is 0 Å². The van der Waals surface area contributed by atoms with Crippen molar-refractivity contribution in [1.82, 2.24) is 9.88 Å². The maximum atomic E-state index is 13.2. The molecule has 9 heteroatoms. The van der Waals surface area contributed by atoms with E-state index in [1.54, 1.807) is 19.1 Å². The number of fused-ring (bicyclic) bond motifs is 1. The van der Waals surface area contributed by atoms with Crippen LogP contribution in [0.25, 0.3) is 22.6 Å². The van der Waals surface area contributed by atoms with E-state index >= 15 is 0 Å². The lowest BCUT2D eigenvalue weighted by atomic mass is 9.69. The van der Waals surface area contributed by atoms with E-state index in [9.17, 15) is 23.6 Å². The standard InChI is InChI=1S/C20H12FN3O5/c1-9-7-12-14(29-15(22-12)10-3-5-11(21)6-4-10)13(8-9)24-18(27)20(19(24)28)16(25)23(2)17(20)26/h3-8H,1-2H3. The third-order valence-electron chi connectivity index (χ3n) is 5.25. The second kappa shape index (κ2) is 5.34. The summed E-state index contributed by atoms with van der Waals surface area (Å²) in [6.07, 6.45) is 0. The zero-order chi connectivity index (χ0) is 20.7. The summed E-state index contributed by atoms with van der Waals surface area (Å²) < 4.78 is 18.9. The van der Waals surface area contributed by atoms with Gasteiger partial charge in [-0.1, -0.05) is 0 Å². The fourth-order valence-electron chi connectivity index (χ4n) is 3.72. The minimum atomic E-state index is -2.26. The molecule has 2 aliphatic rings. The first-order valence-electron chi connectivity index (χ1n) is 8.65. The average Bonchev–Trinajstić information content (AvgIpc) is 3.12. The van der Waals surface area contributed by atoms with Crippen LogP contribution < -0.4 is 4.90 Å². The van der Waals surface area contributed by atoms with Gasteiger partial charge >= 0.3 is 0 Å². The molecule has 0 N–H and O–H groups in total. The number of hydrogen-bond acceptors (Lipinski definition) is 6. The molecule has 3 aromatic rings. The van der Waals surface area contributed by atoms with Crippen LogP contribution in [-0.4, -0.2) is 40.6 Å². The van der Waals surface area contributed by atoms with Crippen LogP contribution in [0.4, 0.5) is 10.1 Å². The van der Waals surface area contributed by atoms with Crippen molar-refractivity contribution in [3.05, 3.63) is 47.8 Å². The van der Waals surface area contributed by atoms with Gasteiger partial charge < -0.3 is 4.42 Å². The molecule has 144 valence electrons. The van der Waals surface area contributed by atoms with Crippen molar-refractivity contribution in [2.75, 3.05) is 11.9 Å². The number of rotatable bonds is 2. The molecule has 2 aliphatic heterocycles. The number of β-lactam (4-membered cyclic amide) rings is 4. The number of halogens is 1. The Morgan fingerprint density at radius 2 is 1.59 bits per heavy atom. The van der Waals surface area contributed by atoms with Crippen molar-refractivity contribution >= 4 is 40.4 Å². The van der Waals surface area contributed by atoms with Gasteiger partial charge in [0, 0.05) is 12.6 Å². The normalized spacial score (nSPS) is 17.9. The van der Waals surface area contributed by atoms with Gasteiger partial charge in [-0.2, -0.15) is 0 Å². The van der Waals surface area contributed by atoms with E-state index in [1.807, 2.05) is 0 Å². The van der Waals surface area contributed by atoms with Crippen LogP contribution in [0, 0.1) is 18.2 Å². The van der Waals surface area contributed by atoms with Gasteiger partial charge in [-0.25, -0.2) is 14.3 Å². The molecule has 3 heterocycles. The maximum Gasteiger partial charge on any atom is 0.285 e. The molecular weight excluding hydrogens is 381 g/mol. The van der Waals surface area contributed by atoms with E-state index < -0.39 is 34.9 Å². The Morgan fingerprint density at radius 1 is 0.966 bits per heavy atom. The molecular formula is C20H12FN3O5. The lowest BCUT2D eigenvalue weighted by Crippen LogP contribution is -2.83. The third-order valence-corrected chi connectivity index (χ3v) is 5.25. The number of likely N-dealkylation sites (tertiary alicyclic amines) is 1. The first-order valence-corrected chi connectivity index (χ1v) is 8.65. The highest BCUT2D eigenvalue weighted by Crippen LogP contribution is 2.48. The summed E-state index contributed by atoms with van der Waals surface area (Å²) in [7, 11) is 1.22. The molecule has 0 atom stereocenters. The number of benzene rings is 2. The van der Waals surface area contributed by atoms with Gasteiger partial charge in [-0.3, -0.25) is 24.1 Å². The van der Waals surface area contributed by atoms with E-state index in [1.165, 1.54) is 31.3 Å². The topological polar surface area (TPSA) is 101 Å². The highest BCUT2D eigenvalue weighted by Gasteiger charge is 2.80. The lowest BCUT2D eigenvalue weighted by molar-refractivity contribution is -0.184. The summed E-state index contributed by atoms with van der Waals surface area (Å²) in [5, 5.41) is 0. The maximum absolute atomic E-state index is 13.2. The minimum Gasteiger partial charge on any atom is -0.434 e. The van der Waals surface area contributed by atoms with Crippen LogP contribution in [0.3, 0.4) is 0 Å². The van der Waals surface area contributed by atoms with Gasteiger partial charge in [0.15, 0.2) is 5.58 Å². The number of imide groups is 2. The van der Waals surface area contributed by atoms with Gasteiger partial charge in [0.2, 0.25) is 5.89 Å². The number of amides is 4. The highest BCUT2D eigenvalue weighted by atomic mass is 19.1. The SMILES string of the molecule is Cc1cc(N2C(=O)C3(C(=O)N(C)C3=O)C2=O)c2oc(-c3ccc(F)cc3)nc2c1. The predicted octanol–water partition coefficient (Wildman–Crippen LogP) is 1.80. The molecule has 8 nitrogen and oxygen atoms in total. The molecule has 0 aliphatic carbocycles. The van der Waals surface area contributed by atoms with E-state index in [-0.39, 0.29) is 17.2 Å². The van der Waals surface area contributed by atoms with E-state index in [2.05, 4.69) is 4.98 Å². The Labute approximate surface area is 162 Å². The summed E-state index contributed by atoms with van der Waals surface area (Å²) in [5.41, 5.74) is -0.420. The summed E-state index contributed by atoms with van der Waals surface area (Å²) in [4.78, 5) is 55.6. The van der Waals surface area contributed by atoms with Gasteiger partial charge in [0.25, 0.3) is 29.0 Å². The summed E-state index contributed by atoms with van der Waals surface area (Å²) in [6.45, 7) is 1.74. The van der Waals surface area contributed by atoms with Crippen LogP contribution in [0.5, 0.6) is 0 Å². The molecule has 0 bridgehead atoms. The number of aryl methyl sites for hydroxylation is 1. The van der Waals surface area contributed by atoms with Crippen molar-refractivity contribution in [2.24, 2.45) is 5.41 Å². The fourth-order valence-corrected chi connectivity index (χ4v) is 3.72. The van der Waals surface area contributed by atoms with E-state index in [0.717, 1.165) is 9.80 Å². The molecule has 2 fully saturated rings. The van der Waals surface area contributed by atoms with Crippen LogP contribution in [0.15, 0.2) is 40.8 Å². The Hall–Kier alpha value is -3.88. The number of nitrogens with zero attached hydrogens (tertiary/aromatic N) is 3. The number of oxazole rings is 1. The zero-order valence-corrected chi connectivity index (χ0v) is 15.2. The quantitative estimate of drug-likeness (QED) is 0.486. The summed E-state index contributed by atoms with van der Waals surface area (Å²) in [5.74, 6) is -3.70. The zero-order valence-electron chi connectivity index (χ0n) is 15.2. The molecule has 0 unspecified atom stereocenters.